The molecule has 4 nitrogen and oxygen atoms in total. The average molecular weight is 396 g/mol. The van der Waals surface area contributed by atoms with Gasteiger partial charge in [0.05, 0.1) is 0 Å². The molecule has 0 aliphatic rings. The summed E-state index contributed by atoms with van der Waals surface area (Å²) in [6.07, 6.45) is 0. The third kappa shape index (κ3) is 6.29. The zero-order valence-corrected chi connectivity index (χ0v) is 16.2. The maximum atomic E-state index is 6.06. The molecule has 2 rings (SSSR count). The van der Waals surface area contributed by atoms with Crippen LogP contribution in [0, 0.1) is 0 Å². The van der Waals surface area contributed by atoms with Crippen molar-refractivity contribution in [2.45, 2.75) is 27.1 Å². The van der Waals surface area contributed by atoms with Crippen molar-refractivity contribution in [3.8, 4) is 0 Å². The molecule has 0 bridgehead atoms. The van der Waals surface area contributed by atoms with E-state index in [2.05, 4.69) is 0 Å². The molecule has 0 radical (unpaired) electrons. The fraction of sp³-hybridized carbons (Fsp3) is 0.333. The second-order valence-electron chi connectivity index (χ2n) is 4.91. The Bertz CT molecular complexity index is 496. The van der Waals surface area contributed by atoms with Crippen LogP contribution in [0.15, 0.2) is 60.7 Å². The van der Waals surface area contributed by atoms with Crippen LogP contribution in [0.4, 0.5) is 0 Å². The van der Waals surface area contributed by atoms with Gasteiger partial charge in [-0.2, -0.15) is 0 Å². The second kappa shape index (κ2) is 10.1. The second-order valence-corrected chi connectivity index (χ2v) is 10.2. The van der Waals surface area contributed by atoms with E-state index in [-0.39, 0.29) is 0 Å². The van der Waals surface area contributed by atoms with Crippen LogP contribution in [-0.2, 0) is 46.5 Å². The summed E-state index contributed by atoms with van der Waals surface area (Å²) in [6, 6.07) is 20.0. The van der Waals surface area contributed by atoms with E-state index in [1.54, 1.807) is 0 Å². The first-order chi connectivity index (χ1) is 11.3. The summed E-state index contributed by atoms with van der Waals surface area (Å²) in [5, 5.41) is 0. The molecule has 0 spiro atoms. The van der Waals surface area contributed by atoms with Gasteiger partial charge >= 0.3 is 145 Å². The molecule has 0 aliphatic heterocycles. The van der Waals surface area contributed by atoms with Gasteiger partial charge in [0, 0.05) is 0 Å². The first kappa shape index (κ1) is 18.5. The van der Waals surface area contributed by atoms with Crippen molar-refractivity contribution < 1.29 is 33.3 Å². The van der Waals surface area contributed by atoms with Crippen molar-refractivity contribution in [2.75, 3.05) is 13.2 Å². The molecule has 0 amide bonds. The fourth-order valence-electron chi connectivity index (χ4n) is 2.10. The quantitative estimate of drug-likeness (QED) is 0.601. The molecular weight excluding hydrogens is 371 g/mol. The fourth-order valence-corrected chi connectivity index (χ4v) is 6.75. The van der Waals surface area contributed by atoms with Gasteiger partial charge in [0.15, 0.2) is 0 Å². The standard InChI is InChI=1S/2C7H7O.2C2H5O.Zr/c2*8-6-7-4-2-1-3-5-7;2*1-2-3;/h2*1-5H,6H2;2*2H2,1H3;/q4*-1;+4. The van der Waals surface area contributed by atoms with Gasteiger partial charge in [-0.15, -0.1) is 0 Å². The summed E-state index contributed by atoms with van der Waals surface area (Å²) >= 11 is -4.02. The zero-order valence-electron chi connectivity index (χ0n) is 13.7. The van der Waals surface area contributed by atoms with Crippen LogP contribution in [-0.4, -0.2) is 13.2 Å². The van der Waals surface area contributed by atoms with Crippen molar-refractivity contribution in [3.63, 3.8) is 0 Å². The van der Waals surface area contributed by atoms with Gasteiger partial charge in [0.2, 0.25) is 0 Å². The summed E-state index contributed by atoms with van der Waals surface area (Å²) in [5.41, 5.74) is 2.16. The molecule has 0 saturated heterocycles. The van der Waals surface area contributed by atoms with Crippen LogP contribution >= 0.6 is 0 Å². The summed E-state index contributed by atoms with van der Waals surface area (Å²) in [6.45, 7) is 5.77. The Kier molecular flexibility index (Phi) is 8.14. The zero-order chi connectivity index (χ0) is 16.4. The van der Waals surface area contributed by atoms with Gasteiger partial charge in [-0.3, -0.25) is 0 Å². The van der Waals surface area contributed by atoms with E-state index in [4.69, 9.17) is 11.3 Å². The predicted octanol–water partition coefficient (Wildman–Crippen LogP) is 4.31. The Labute approximate surface area is 145 Å². The molecule has 2 aromatic rings. The van der Waals surface area contributed by atoms with E-state index in [0.29, 0.717) is 26.4 Å². The Morgan fingerprint density at radius 3 is 1.35 bits per heavy atom. The van der Waals surface area contributed by atoms with E-state index in [9.17, 15) is 0 Å². The summed E-state index contributed by atoms with van der Waals surface area (Å²) in [7, 11) is 0. The van der Waals surface area contributed by atoms with Gasteiger partial charge in [-0.1, -0.05) is 0 Å². The van der Waals surface area contributed by atoms with Crippen molar-refractivity contribution >= 4 is 0 Å². The van der Waals surface area contributed by atoms with Gasteiger partial charge in [0.1, 0.15) is 0 Å². The third-order valence-corrected chi connectivity index (χ3v) is 8.76. The van der Waals surface area contributed by atoms with Crippen LogP contribution in [0.5, 0.6) is 0 Å². The predicted molar refractivity (Wildman–Crippen MR) is 85.7 cm³/mol. The van der Waals surface area contributed by atoms with E-state index >= 15 is 0 Å². The number of rotatable bonds is 10. The van der Waals surface area contributed by atoms with Crippen LogP contribution in [0.25, 0.3) is 0 Å². The Hall–Kier alpha value is -0.837. The van der Waals surface area contributed by atoms with E-state index < -0.39 is 22.0 Å². The van der Waals surface area contributed by atoms with E-state index in [1.165, 1.54) is 0 Å². The molecule has 0 atom stereocenters. The van der Waals surface area contributed by atoms with Crippen LogP contribution in [0.2, 0.25) is 0 Å². The Balaban J connectivity index is 2.03. The average Bonchev–Trinajstić information content (AvgIpc) is 2.60. The molecular formula is C18H24O4Zr. The summed E-state index contributed by atoms with van der Waals surface area (Å²) in [4.78, 5) is 0. The van der Waals surface area contributed by atoms with Gasteiger partial charge in [-0.25, -0.2) is 0 Å². The summed E-state index contributed by atoms with van der Waals surface area (Å²) in [5.74, 6) is 0. The molecule has 0 aliphatic carbocycles. The molecule has 0 fully saturated rings. The molecule has 0 N–H and O–H groups in total. The minimum absolute atomic E-state index is 0.436. The molecule has 2 aromatic carbocycles. The molecule has 0 aromatic heterocycles. The van der Waals surface area contributed by atoms with Gasteiger partial charge in [0.25, 0.3) is 0 Å². The van der Waals surface area contributed by atoms with Crippen molar-refractivity contribution in [3.05, 3.63) is 71.8 Å². The van der Waals surface area contributed by atoms with Crippen LogP contribution in [0.1, 0.15) is 25.0 Å². The Morgan fingerprint density at radius 1 is 0.609 bits per heavy atom. The third-order valence-electron chi connectivity index (χ3n) is 3.16. The maximum absolute atomic E-state index is 6.06. The SMILES string of the molecule is CC[O][Zr]([O]CC)([O]Cc1ccccc1)[O]Cc1ccccc1. The van der Waals surface area contributed by atoms with Crippen molar-refractivity contribution in [1.82, 2.24) is 0 Å². The van der Waals surface area contributed by atoms with E-state index in [0.717, 1.165) is 11.1 Å². The molecule has 23 heavy (non-hydrogen) atoms. The number of hydrogen-bond donors (Lipinski definition) is 0. The van der Waals surface area contributed by atoms with Crippen LogP contribution < -0.4 is 0 Å². The monoisotopic (exact) mass is 394 g/mol. The summed E-state index contributed by atoms with van der Waals surface area (Å²) < 4.78 is 23.8. The molecule has 0 saturated carbocycles. The number of benzene rings is 2. The molecule has 124 valence electrons. The van der Waals surface area contributed by atoms with Crippen molar-refractivity contribution in [1.29, 1.82) is 0 Å². The minimum atomic E-state index is -4.02. The number of hydrogen-bond acceptors (Lipinski definition) is 4. The Morgan fingerprint density at radius 2 is 1.00 bits per heavy atom. The topological polar surface area (TPSA) is 36.9 Å². The van der Waals surface area contributed by atoms with Gasteiger partial charge < -0.3 is 0 Å². The molecule has 5 heteroatoms. The first-order valence-corrected chi connectivity index (χ1v) is 11.9. The van der Waals surface area contributed by atoms with Crippen molar-refractivity contribution in [2.24, 2.45) is 0 Å². The van der Waals surface area contributed by atoms with E-state index in [1.807, 2.05) is 74.5 Å². The normalized spacial score (nSPS) is 11.6. The van der Waals surface area contributed by atoms with Crippen LogP contribution in [0.3, 0.4) is 0 Å². The van der Waals surface area contributed by atoms with Gasteiger partial charge in [-0.05, 0) is 0 Å². The first-order valence-electron chi connectivity index (χ1n) is 7.91. The molecule has 0 unspecified atom stereocenters. The molecule has 0 heterocycles.